The van der Waals surface area contributed by atoms with Crippen LogP contribution in [0.1, 0.15) is 41.1 Å². The third kappa shape index (κ3) is 6.08. The van der Waals surface area contributed by atoms with Crippen molar-refractivity contribution >= 4 is 17.8 Å². The number of urea groups is 1. The number of ether oxygens (including phenoxy) is 1. The number of benzene rings is 2. The summed E-state index contributed by atoms with van der Waals surface area (Å²) in [6.07, 6.45) is 3.20. The van der Waals surface area contributed by atoms with Gasteiger partial charge in [0.05, 0.1) is 11.3 Å². The van der Waals surface area contributed by atoms with E-state index in [0.29, 0.717) is 35.8 Å². The Labute approximate surface area is 205 Å². The van der Waals surface area contributed by atoms with Gasteiger partial charge in [-0.2, -0.15) is 5.10 Å². The maximum Gasteiger partial charge on any atom is 0.335 e. The summed E-state index contributed by atoms with van der Waals surface area (Å²) in [6.45, 7) is 1.35. The number of carboxylic acid groups (broad SMARTS) is 1. The molecule has 1 heterocycles. The highest BCUT2D eigenvalue weighted by Gasteiger charge is 2.35. The average Bonchev–Trinajstić information content (AvgIpc) is 3.45. The number of rotatable bonds is 9. The van der Waals surface area contributed by atoms with Crippen LogP contribution in [0.3, 0.4) is 0 Å². The molecule has 3 aromatic rings. The largest absolute Gasteiger partial charge is 0.478 e. The number of aromatic nitrogens is 2. The van der Waals surface area contributed by atoms with E-state index in [2.05, 4.69) is 40.0 Å². The quantitative estimate of drug-likeness (QED) is 0.413. The van der Waals surface area contributed by atoms with E-state index < -0.39 is 5.97 Å². The molecular weight excluding hydrogens is 444 g/mol. The van der Waals surface area contributed by atoms with Crippen LogP contribution in [-0.2, 0) is 11.8 Å². The zero-order valence-electron chi connectivity index (χ0n) is 20.1. The van der Waals surface area contributed by atoms with Crippen LogP contribution in [0.2, 0.25) is 0 Å². The van der Waals surface area contributed by atoms with Gasteiger partial charge in [0.15, 0.2) is 0 Å². The lowest BCUT2D eigenvalue weighted by Crippen LogP contribution is -2.34. The van der Waals surface area contributed by atoms with Gasteiger partial charge in [-0.05, 0) is 54.7 Å². The Morgan fingerprint density at radius 1 is 1.11 bits per heavy atom. The molecule has 0 bridgehead atoms. The summed E-state index contributed by atoms with van der Waals surface area (Å²) >= 11 is 0. The molecule has 1 fully saturated rings. The molecule has 1 aromatic heterocycles. The van der Waals surface area contributed by atoms with E-state index in [4.69, 9.17) is 9.84 Å². The third-order valence-corrected chi connectivity index (χ3v) is 6.82. The average molecular weight is 477 g/mol. The number of nitrogens with one attached hydrogen (secondary N) is 2. The third-order valence-electron chi connectivity index (χ3n) is 6.82. The SMILES string of the molecule is COCCC1C[C@@H](CNC(=O)Nc2cc(-c3ccc(C(=O)O)cc3)nn2C)[C@H](c2ccccc2)C1. The van der Waals surface area contributed by atoms with Crippen LogP contribution >= 0.6 is 0 Å². The highest BCUT2D eigenvalue weighted by atomic mass is 16.5. The maximum absolute atomic E-state index is 12.7. The Morgan fingerprint density at radius 2 is 1.86 bits per heavy atom. The second-order valence-corrected chi connectivity index (χ2v) is 9.15. The number of carbonyl (C=O) groups excluding carboxylic acids is 1. The van der Waals surface area contributed by atoms with Crippen LogP contribution < -0.4 is 10.6 Å². The second-order valence-electron chi connectivity index (χ2n) is 9.15. The first-order valence-corrected chi connectivity index (χ1v) is 11.9. The molecule has 1 saturated carbocycles. The van der Waals surface area contributed by atoms with Gasteiger partial charge in [-0.25, -0.2) is 9.59 Å². The number of amides is 2. The minimum Gasteiger partial charge on any atom is -0.478 e. The number of nitrogens with zero attached hydrogens (tertiary/aromatic N) is 2. The molecule has 3 atom stereocenters. The number of carbonyl (C=O) groups is 2. The van der Waals surface area contributed by atoms with E-state index in [0.717, 1.165) is 31.4 Å². The lowest BCUT2D eigenvalue weighted by Gasteiger charge is -2.20. The van der Waals surface area contributed by atoms with E-state index >= 15 is 0 Å². The number of anilines is 1. The molecule has 2 amide bonds. The first-order chi connectivity index (χ1) is 16.9. The van der Waals surface area contributed by atoms with Gasteiger partial charge in [0.2, 0.25) is 0 Å². The van der Waals surface area contributed by atoms with Crippen LogP contribution in [0.15, 0.2) is 60.7 Å². The zero-order chi connectivity index (χ0) is 24.8. The van der Waals surface area contributed by atoms with E-state index in [-0.39, 0.29) is 11.6 Å². The number of methoxy groups -OCH3 is 1. The van der Waals surface area contributed by atoms with Crippen molar-refractivity contribution in [2.75, 3.05) is 25.6 Å². The molecule has 0 saturated heterocycles. The van der Waals surface area contributed by atoms with Gasteiger partial charge < -0.3 is 15.2 Å². The summed E-state index contributed by atoms with van der Waals surface area (Å²) in [5.41, 5.74) is 2.97. The molecule has 8 heteroatoms. The summed E-state index contributed by atoms with van der Waals surface area (Å²) in [7, 11) is 3.50. The van der Waals surface area contributed by atoms with Gasteiger partial charge in [0.1, 0.15) is 5.82 Å². The van der Waals surface area contributed by atoms with Gasteiger partial charge in [-0.3, -0.25) is 10.00 Å². The van der Waals surface area contributed by atoms with Gasteiger partial charge in [-0.15, -0.1) is 0 Å². The number of aromatic carboxylic acids is 1. The minimum atomic E-state index is -0.974. The van der Waals surface area contributed by atoms with E-state index in [1.165, 1.54) is 17.7 Å². The number of carboxylic acids is 1. The van der Waals surface area contributed by atoms with Crippen molar-refractivity contribution < 1.29 is 19.4 Å². The zero-order valence-corrected chi connectivity index (χ0v) is 20.1. The van der Waals surface area contributed by atoms with Gasteiger partial charge >= 0.3 is 12.0 Å². The summed E-state index contributed by atoms with van der Waals surface area (Å²) in [4.78, 5) is 23.8. The standard InChI is InChI=1S/C27H32N4O4/c1-31-25(16-24(30-31)20-8-10-21(11-9-20)26(32)33)29-27(34)28-17-22-14-18(12-13-35-2)15-23(22)19-6-4-3-5-7-19/h3-11,16,18,22-23H,12-15,17H2,1-2H3,(H,32,33)(H2,28,29,34)/t18?,22-,23-/m0/s1. The lowest BCUT2D eigenvalue weighted by molar-refractivity contribution is 0.0697. The van der Waals surface area contributed by atoms with Crippen molar-refractivity contribution in [3.63, 3.8) is 0 Å². The highest BCUT2D eigenvalue weighted by molar-refractivity contribution is 5.90. The first kappa shape index (κ1) is 24.5. The van der Waals surface area contributed by atoms with Crippen LogP contribution in [0.5, 0.6) is 0 Å². The Bertz CT molecular complexity index is 1140. The van der Waals surface area contributed by atoms with Crippen molar-refractivity contribution in [3.05, 3.63) is 71.8 Å². The van der Waals surface area contributed by atoms with Crippen LogP contribution in [0.4, 0.5) is 10.6 Å². The predicted molar refractivity (Wildman–Crippen MR) is 135 cm³/mol. The van der Waals surface area contributed by atoms with Crippen molar-refractivity contribution in [1.29, 1.82) is 0 Å². The van der Waals surface area contributed by atoms with Crippen molar-refractivity contribution in [3.8, 4) is 11.3 Å². The Morgan fingerprint density at radius 3 is 2.54 bits per heavy atom. The molecule has 8 nitrogen and oxygen atoms in total. The molecule has 4 rings (SSSR count). The fourth-order valence-corrected chi connectivity index (χ4v) is 4.99. The molecule has 0 spiro atoms. The molecule has 1 unspecified atom stereocenters. The number of aryl methyl sites for hydroxylation is 1. The normalized spacial score (nSPS) is 19.4. The molecule has 0 radical (unpaired) electrons. The minimum absolute atomic E-state index is 0.215. The molecule has 1 aliphatic carbocycles. The van der Waals surface area contributed by atoms with Crippen molar-refractivity contribution in [1.82, 2.24) is 15.1 Å². The number of hydrogen-bond donors (Lipinski definition) is 3. The Balaban J connectivity index is 1.37. The van der Waals surface area contributed by atoms with E-state index in [9.17, 15) is 9.59 Å². The maximum atomic E-state index is 12.7. The molecule has 184 valence electrons. The molecule has 1 aliphatic rings. The lowest BCUT2D eigenvalue weighted by atomic mass is 9.89. The van der Waals surface area contributed by atoms with E-state index in [1.807, 2.05) is 6.07 Å². The topological polar surface area (TPSA) is 105 Å². The molecule has 3 N–H and O–H groups in total. The Kier molecular flexibility index (Phi) is 7.82. The number of hydrogen-bond acceptors (Lipinski definition) is 4. The Hall–Kier alpha value is -3.65. The predicted octanol–water partition coefficient (Wildman–Crippen LogP) is 4.75. The molecule has 0 aliphatic heterocycles. The summed E-state index contributed by atoms with van der Waals surface area (Å²) < 4.78 is 6.89. The molecule has 35 heavy (non-hydrogen) atoms. The van der Waals surface area contributed by atoms with Crippen LogP contribution in [-0.4, -0.2) is 47.1 Å². The van der Waals surface area contributed by atoms with Gasteiger partial charge in [0.25, 0.3) is 0 Å². The van der Waals surface area contributed by atoms with Crippen LogP contribution in [0, 0.1) is 11.8 Å². The van der Waals surface area contributed by atoms with Gasteiger partial charge in [0, 0.05) is 38.9 Å². The fourth-order valence-electron chi connectivity index (χ4n) is 4.99. The summed E-state index contributed by atoms with van der Waals surface area (Å²) in [5, 5.41) is 19.5. The smallest absolute Gasteiger partial charge is 0.335 e. The first-order valence-electron chi connectivity index (χ1n) is 11.9. The monoisotopic (exact) mass is 476 g/mol. The van der Waals surface area contributed by atoms with Crippen LogP contribution in [0.25, 0.3) is 11.3 Å². The highest BCUT2D eigenvalue weighted by Crippen LogP contribution is 2.44. The second kappa shape index (κ2) is 11.2. The fraction of sp³-hybridized carbons (Fsp3) is 0.370. The van der Waals surface area contributed by atoms with E-state index in [1.54, 1.807) is 37.0 Å². The summed E-state index contributed by atoms with van der Waals surface area (Å²) in [6, 6.07) is 18.5. The van der Waals surface area contributed by atoms with Crippen molar-refractivity contribution in [2.24, 2.45) is 18.9 Å². The van der Waals surface area contributed by atoms with Gasteiger partial charge in [-0.1, -0.05) is 42.5 Å². The van der Waals surface area contributed by atoms with Crippen molar-refractivity contribution in [2.45, 2.75) is 25.2 Å². The molecular formula is C27H32N4O4. The summed E-state index contributed by atoms with van der Waals surface area (Å²) in [5.74, 6) is 0.944. The molecule has 2 aromatic carbocycles.